The maximum absolute atomic E-state index is 11.8. The van der Waals surface area contributed by atoms with Crippen LogP contribution in [0.15, 0.2) is 18.5 Å². The first kappa shape index (κ1) is 13.5. The Balaban J connectivity index is 1.75. The first-order chi connectivity index (χ1) is 9.16. The van der Waals surface area contributed by atoms with E-state index in [-0.39, 0.29) is 11.8 Å². The normalized spacial score (nSPS) is 22.7. The van der Waals surface area contributed by atoms with E-state index in [4.69, 9.17) is 5.11 Å². The molecular weight excluding hydrogens is 246 g/mol. The smallest absolute Gasteiger partial charge is 0.306 e. The minimum Gasteiger partial charge on any atom is -0.481 e. The molecular formula is C13H17N3O3. The molecule has 0 radical (unpaired) electrons. The van der Waals surface area contributed by atoms with E-state index in [1.807, 2.05) is 0 Å². The lowest BCUT2D eigenvalue weighted by molar-refractivity contribution is -0.143. The highest BCUT2D eigenvalue weighted by Crippen LogP contribution is 2.28. The fraction of sp³-hybridized carbons (Fsp3) is 0.538. The third-order valence-electron chi connectivity index (χ3n) is 3.59. The lowest BCUT2D eigenvalue weighted by atomic mass is 9.82. The SMILES string of the molecule is O=C(NCC1CCC(C(=O)O)CC1)c1ccnnc1. The summed E-state index contributed by atoms with van der Waals surface area (Å²) in [7, 11) is 0. The number of carbonyl (C=O) groups excluding carboxylic acids is 1. The molecule has 0 atom stereocenters. The second-order valence-corrected chi connectivity index (χ2v) is 4.90. The molecule has 2 rings (SSSR count). The Bertz CT molecular complexity index is 442. The van der Waals surface area contributed by atoms with E-state index >= 15 is 0 Å². The molecule has 1 heterocycles. The van der Waals surface area contributed by atoms with E-state index in [0.717, 1.165) is 12.8 Å². The zero-order valence-electron chi connectivity index (χ0n) is 10.6. The molecule has 1 aromatic rings. The Morgan fingerprint density at radius 1 is 1.26 bits per heavy atom. The van der Waals surface area contributed by atoms with Crippen molar-refractivity contribution >= 4 is 11.9 Å². The summed E-state index contributed by atoms with van der Waals surface area (Å²) in [5, 5.41) is 19.0. The summed E-state index contributed by atoms with van der Waals surface area (Å²) in [5.74, 6) is -0.703. The van der Waals surface area contributed by atoms with Gasteiger partial charge in [-0.05, 0) is 37.7 Å². The van der Waals surface area contributed by atoms with Gasteiger partial charge in [0.1, 0.15) is 0 Å². The summed E-state index contributed by atoms with van der Waals surface area (Å²) in [6.45, 7) is 0.591. The third-order valence-corrected chi connectivity index (χ3v) is 3.59. The molecule has 0 aliphatic heterocycles. The lowest BCUT2D eigenvalue weighted by Crippen LogP contribution is -2.32. The molecule has 0 saturated heterocycles. The number of carboxylic acids is 1. The molecule has 1 amide bonds. The summed E-state index contributed by atoms with van der Waals surface area (Å²) in [4.78, 5) is 22.6. The zero-order valence-corrected chi connectivity index (χ0v) is 10.6. The van der Waals surface area contributed by atoms with Crippen LogP contribution in [-0.4, -0.2) is 33.7 Å². The molecule has 2 N–H and O–H groups in total. The van der Waals surface area contributed by atoms with Crippen molar-refractivity contribution in [3.05, 3.63) is 24.0 Å². The van der Waals surface area contributed by atoms with Crippen molar-refractivity contribution in [1.29, 1.82) is 0 Å². The van der Waals surface area contributed by atoms with Crippen LogP contribution in [0.4, 0.5) is 0 Å². The number of hydrogen-bond acceptors (Lipinski definition) is 4. The predicted octanol–water partition coefficient (Wildman–Crippen LogP) is 1.10. The zero-order chi connectivity index (χ0) is 13.7. The van der Waals surface area contributed by atoms with Gasteiger partial charge in [-0.15, -0.1) is 0 Å². The van der Waals surface area contributed by atoms with E-state index in [2.05, 4.69) is 15.5 Å². The molecule has 1 aliphatic carbocycles. The summed E-state index contributed by atoms with van der Waals surface area (Å²) in [6, 6.07) is 1.61. The monoisotopic (exact) mass is 263 g/mol. The quantitative estimate of drug-likeness (QED) is 0.848. The average Bonchev–Trinajstić information content (AvgIpc) is 2.46. The van der Waals surface area contributed by atoms with Gasteiger partial charge < -0.3 is 10.4 Å². The van der Waals surface area contributed by atoms with Gasteiger partial charge in [0.25, 0.3) is 5.91 Å². The number of rotatable bonds is 4. The lowest BCUT2D eigenvalue weighted by Gasteiger charge is -2.26. The van der Waals surface area contributed by atoms with Crippen molar-refractivity contribution in [3.63, 3.8) is 0 Å². The van der Waals surface area contributed by atoms with Crippen molar-refractivity contribution in [2.24, 2.45) is 11.8 Å². The van der Waals surface area contributed by atoms with E-state index in [1.165, 1.54) is 12.4 Å². The molecule has 0 unspecified atom stereocenters. The van der Waals surface area contributed by atoms with Crippen LogP contribution in [0, 0.1) is 11.8 Å². The predicted molar refractivity (Wildman–Crippen MR) is 67.4 cm³/mol. The highest BCUT2D eigenvalue weighted by atomic mass is 16.4. The van der Waals surface area contributed by atoms with Gasteiger partial charge in [-0.25, -0.2) is 0 Å². The summed E-state index contributed by atoms with van der Waals surface area (Å²) in [5.41, 5.74) is 0.495. The summed E-state index contributed by atoms with van der Waals surface area (Å²) >= 11 is 0. The van der Waals surface area contributed by atoms with E-state index in [1.54, 1.807) is 6.07 Å². The number of carboxylic acid groups (broad SMARTS) is 1. The first-order valence-corrected chi connectivity index (χ1v) is 6.44. The van der Waals surface area contributed by atoms with Crippen LogP contribution in [-0.2, 0) is 4.79 Å². The number of amides is 1. The summed E-state index contributed by atoms with van der Waals surface area (Å²) in [6.07, 6.45) is 6.01. The van der Waals surface area contributed by atoms with Crippen LogP contribution in [0.3, 0.4) is 0 Å². The molecule has 6 heteroatoms. The van der Waals surface area contributed by atoms with Gasteiger partial charge in [0.2, 0.25) is 0 Å². The van der Waals surface area contributed by atoms with E-state index in [0.29, 0.717) is 30.9 Å². The van der Waals surface area contributed by atoms with E-state index < -0.39 is 5.97 Å². The number of hydrogen-bond donors (Lipinski definition) is 2. The van der Waals surface area contributed by atoms with E-state index in [9.17, 15) is 9.59 Å². The number of nitrogens with one attached hydrogen (secondary N) is 1. The topological polar surface area (TPSA) is 92.2 Å². The fourth-order valence-electron chi connectivity index (χ4n) is 2.38. The maximum atomic E-state index is 11.8. The van der Waals surface area contributed by atoms with Crippen molar-refractivity contribution in [2.75, 3.05) is 6.54 Å². The van der Waals surface area contributed by atoms with Crippen LogP contribution < -0.4 is 5.32 Å². The Hall–Kier alpha value is -1.98. The van der Waals surface area contributed by atoms with Crippen molar-refractivity contribution in [1.82, 2.24) is 15.5 Å². The van der Waals surface area contributed by atoms with Crippen molar-refractivity contribution < 1.29 is 14.7 Å². The van der Waals surface area contributed by atoms with Gasteiger partial charge in [-0.3, -0.25) is 9.59 Å². The van der Waals surface area contributed by atoms with Crippen LogP contribution in [0.1, 0.15) is 36.0 Å². The second-order valence-electron chi connectivity index (χ2n) is 4.90. The van der Waals surface area contributed by atoms with Crippen molar-refractivity contribution in [2.45, 2.75) is 25.7 Å². The highest BCUT2D eigenvalue weighted by Gasteiger charge is 2.25. The number of carbonyl (C=O) groups is 2. The molecule has 0 aromatic carbocycles. The van der Waals surface area contributed by atoms with Gasteiger partial charge in [0.15, 0.2) is 0 Å². The Morgan fingerprint density at radius 2 is 2.00 bits per heavy atom. The molecule has 19 heavy (non-hydrogen) atoms. The van der Waals surface area contributed by atoms with Crippen LogP contribution in [0.2, 0.25) is 0 Å². The first-order valence-electron chi connectivity index (χ1n) is 6.44. The average molecular weight is 263 g/mol. The van der Waals surface area contributed by atoms with Gasteiger partial charge in [-0.2, -0.15) is 10.2 Å². The molecule has 1 fully saturated rings. The maximum Gasteiger partial charge on any atom is 0.306 e. The Labute approximate surface area is 111 Å². The molecule has 6 nitrogen and oxygen atoms in total. The van der Waals surface area contributed by atoms with Gasteiger partial charge in [0, 0.05) is 6.54 Å². The van der Waals surface area contributed by atoms with Crippen LogP contribution >= 0.6 is 0 Å². The number of nitrogens with zero attached hydrogens (tertiary/aromatic N) is 2. The molecule has 0 bridgehead atoms. The fourth-order valence-corrected chi connectivity index (χ4v) is 2.38. The largest absolute Gasteiger partial charge is 0.481 e. The molecule has 1 aliphatic rings. The van der Waals surface area contributed by atoms with Gasteiger partial charge >= 0.3 is 5.97 Å². The van der Waals surface area contributed by atoms with Crippen LogP contribution in [0.25, 0.3) is 0 Å². The standard InChI is InChI=1S/C13H17N3O3/c17-12(11-5-6-15-16-8-11)14-7-9-1-3-10(4-2-9)13(18)19/h5-6,8-10H,1-4,7H2,(H,14,17)(H,18,19). The van der Waals surface area contributed by atoms with Crippen LogP contribution in [0.5, 0.6) is 0 Å². The minimum absolute atomic E-state index is 0.157. The van der Waals surface area contributed by atoms with Gasteiger partial charge in [0.05, 0.1) is 23.9 Å². The molecule has 1 aromatic heterocycles. The summed E-state index contributed by atoms with van der Waals surface area (Å²) < 4.78 is 0. The second kappa shape index (κ2) is 6.26. The minimum atomic E-state index is -0.703. The molecule has 0 spiro atoms. The molecule has 102 valence electrons. The van der Waals surface area contributed by atoms with Crippen molar-refractivity contribution in [3.8, 4) is 0 Å². The molecule has 1 saturated carbocycles. The number of aliphatic carboxylic acids is 1. The third kappa shape index (κ3) is 3.74. The Kier molecular flexibility index (Phi) is 4.43. The Morgan fingerprint density at radius 3 is 2.58 bits per heavy atom. The highest BCUT2D eigenvalue weighted by molar-refractivity contribution is 5.93. The van der Waals surface area contributed by atoms with Gasteiger partial charge in [-0.1, -0.05) is 0 Å². The number of aromatic nitrogens is 2.